The second-order valence-electron chi connectivity index (χ2n) is 5.83. The first-order chi connectivity index (χ1) is 12.8. The van der Waals surface area contributed by atoms with Crippen LogP contribution in [0.4, 0.5) is 0 Å². The van der Waals surface area contributed by atoms with E-state index in [0.29, 0.717) is 38.5 Å². The monoisotopic (exact) mass is 354 g/mol. The molecule has 0 amide bonds. The lowest BCUT2D eigenvalue weighted by Gasteiger charge is -2.09. The maximum absolute atomic E-state index is 8.67. The number of ether oxygens (including phenoxy) is 4. The highest BCUT2D eigenvalue weighted by Gasteiger charge is 2.18. The van der Waals surface area contributed by atoms with E-state index >= 15 is 0 Å². The van der Waals surface area contributed by atoms with Gasteiger partial charge in [0.05, 0.1) is 38.1 Å². The summed E-state index contributed by atoms with van der Waals surface area (Å²) in [7, 11) is 0. The van der Waals surface area contributed by atoms with E-state index in [0.717, 1.165) is 16.7 Å². The van der Waals surface area contributed by atoms with Gasteiger partial charge in [0.15, 0.2) is 12.6 Å². The third kappa shape index (κ3) is 4.88. The number of nitrogens with two attached hydrogens (primary N) is 1. The molecular formula is C20H22N2O4. The first-order valence-electron chi connectivity index (χ1n) is 8.55. The highest BCUT2D eigenvalue weighted by atomic mass is 16.7. The molecule has 2 aliphatic rings. The number of benzene rings is 2. The van der Waals surface area contributed by atoms with Crippen molar-refractivity contribution >= 4 is 0 Å². The predicted molar refractivity (Wildman–Crippen MR) is 94.8 cm³/mol. The van der Waals surface area contributed by atoms with Crippen molar-refractivity contribution < 1.29 is 18.9 Å². The van der Waals surface area contributed by atoms with Crippen molar-refractivity contribution in [2.45, 2.75) is 19.1 Å². The average Bonchev–Trinajstić information content (AvgIpc) is 3.42. The summed E-state index contributed by atoms with van der Waals surface area (Å²) in [5, 5.41) is 8.67. The smallest absolute Gasteiger partial charge is 0.184 e. The van der Waals surface area contributed by atoms with Gasteiger partial charge in [-0.1, -0.05) is 30.3 Å². The molecule has 0 atom stereocenters. The summed E-state index contributed by atoms with van der Waals surface area (Å²) < 4.78 is 21.4. The van der Waals surface area contributed by atoms with Crippen molar-refractivity contribution in [3.8, 4) is 6.07 Å². The van der Waals surface area contributed by atoms with E-state index in [1.807, 2.05) is 36.4 Å². The van der Waals surface area contributed by atoms with Gasteiger partial charge in [-0.25, -0.2) is 0 Å². The van der Waals surface area contributed by atoms with Gasteiger partial charge in [-0.3, -0.25) is 0 Å². The van der Waals surface area contributed by atoms with Crippen LogP contribution in [-0.4, -0.2) is 26.4 Å². The molecule has 136 valence electrons. The van der Waals surface area contributed by atoms with Crippen molar-refractivity contribution in [1.29, 1.82) is 5.26 Å². The van der Waals surface area contributed by atoms with Crippen molar-refractivity contribution in [2.75, 3.05) is 26.4 Å². The van der Waals surface area contributed by atoms with Crippen molar-refractivity contribution in [2.24, 2.45) is 5.73 Å². The molecule has 0 radical (unpaired) electrons. The predicted octanol–water partition coefficient (Wildman–Crippen LogP) is 2.79. The molecule has 2 aromatic rings. The summed E-state index contributed by atoms with van der Waals surface area (Å²) in [6.45, 7) is 3.17. The van der Waals surface area contributed by atoms with E-state index in [-0.39, 0.29) is 12.6 Å². The minimum Gasteiger partial charge on any atom is -0.346 e. The standard InChI is InChI=1S/C10H13NO2.C10H9NO2/c2*11-7-8-2-1-3-9(6-8)10-12-4-5-13-10/h1-3,6,10H,4-5,7,11H2;1-3,6,10H,4-5H2. The summed E-state index contributed by atoms with van der Waals surface area (Å²) in [5.41, 5.74) is 9.25. The average molecular weight is 354 g/mol. The fourth-order valence-electron chi connectivity index (χ4n) is 2.72. The second kappa shape index (κ2) is 9.43. The number of nitriles is 1. The topological polar surface area (TPSA) is 86.7 Å². The van der Waals surface area contributed by atoms with Crippen LogP contribution in [0.3, 0.4) is 0 Å². The molecule has 0 spiro atoms. The van der Waals surface area contributed by atoms with Crippen LogP contribution < -0.4 is 5.73 Å². The number of hydrogen-bond donors (Lipinski definition) is 1. The van der Waals surface area contributed by atoms with Gasteiger partial charge in [0.25, 0.3) is 0 Å². The lowest BCUT2D eigenvalue weighted by Crippen LogP contribution is -2.01. The third-order valence-electron chi connectivity index (χ3n) is 3.99. The summed E-state index contributed by atoms with van der Waals surface area (Å²) in [6, 6.07) is 17.4. The summed E-state index contributed by atoms with van der Waals surface area (Å²) >= 11 is 0. The zero-order chi connectivity index (χ0) is 18.2. The van der Waals surface area contributed by atoms with Crippen LogP contribution in [0, 0.1) is 11.3 Å². The minimum atomic E-state index is -0.284. The number of hydrogen-bond acceptors (Lipinski definition) is 6. The largest absolute Gasteiger partial charge is 0.346 e. The van der Waals surface area contributed by atoms with Gasteiger partial charge in [0.2, 0.25) is 0 Å². The SMILES string of the molecule is N#Cc1cccc(C2OCCO2)c1.NCc1cccc(C2OCCO2)c1. The van der Waals surface area contributed by atoms with E-state index in [4.69, 9.17) is 29.9 Å². The van der Waals surface area contributed by atoms with Gasteiger partial charge in [-0.05, 0) is 23.8 Å². The lowest BCUT2D eigenvalue weighted by atomic mass is 10.1. The first-order valence-corrected chi connectivity index (χ1v) is 8.55. The molecule has 2 N–H and O–H groups in total. The Labute approximate surface area is 153 Å². The van der Waals surface area contributed by atoms with E-state index in [2.05, 4.69) is 6.07 Å². The Morgan fingerprint density at radius 3 is 1.92 bits per heavy atom. The second-order valence-corrected chi connectivity index (χ2v) is 5.83. The molecule has 2 fully saturated rings. The maximum Gasteiger partial charge on any atom is 0.184 e. The molecule has 0 saturated carbocycles. The first kappa shape index (κ1) is 18.5. The molecule has 0 aliphatic carbocycles. The fourth-order valence-corrected chi connectivity index (χ4v) is 2.72. The lowest BCUT2D eigenvalue weighted by molar-refractivity contribution is -0.0443. The fraction of sp³-hybridized carbons (Fsp3) is 0.350. The van der Waals surface area contributed by atoms with Crippen LogP contribution in [0.15, 0.2) is 48.5 Å². The highest BCUT2D eigenvalue weighted by Crippen LogP contribution is 2.24. The van der Waals surface area contributed by atoms with Gasteiger partial charge in [0, 0.05) is 17.7 Å². The number of nitrogens with zero attached hydrogens (tertiary/aromatic N) is 1. The minimum absolute atomic E-state index is 0.188. The zero-order valence-corrected chi connectivity index (χ0v) is 14.5. The normalized spacial score (nSPS) is 17.5. The van der Waals surface area contributed by atoms with Crippen LogP contribution in [0.1, 0.15) is 34.8 Å². The van der Waals surface area contributed by atoms with Gasteiger partial charge < -0.3 is 24.7 Å². The molecule has 2 saturated heterocycles. The summed E-state index contributed by atoms with van der Waals surface area (Å²) in [6.07, 6.45) is -0.472. The quantitative estimate of drug-likeness (QED) is 0.912. The molecule has 0 aromatic heterocycles. The Hall–Kier alpha value is -2.27. The molecule has 6 heteroatoms. The molecule has 0 unspecified atom stereocenters. The molecule has 2 heterocycles. The highest BCUT2D eigenvalue weighted by molar-refractivity contribution is 5.33. The Kier molecular flexibility index (Phi) is 6.72. The Bertz CT molecular complexity index is 747. The van der Waals surface area contributed by atoms with Gasteiger partial charge >= 0.3 is 0 Å². The molecule has 2 aliphatic heterocycles. The van der Waals surface area contributed by atoms with Crippen LogP contribution >= 0.6 is 0 Å². The van der Waals surface area contributed by atoms with Crippen molar-refractivity contribution in [1.82, 2.24) is 0 Å². The van der Waals surface area contributed by atoms with E-state index in [1.54, 1.807) is 12.1 Å². The molecule has 4 rings (SSSR count). The van der Waals surface area contributed by atoms with Gasteiger partial charge in [-0.2, -0.15) is 5.26 Å². The molecule has 6 nitrogen and oxygen atoms in total. The molecule has 2 aromatic carbocycles. The van der Waals surface area contributed by atoms with Crippen LogP contribution in [0.2, 0.25) is 0 Å². The van der Waals surface area contributed by atoms with Crippen LogP contribution in [0.25, 0.3) is 0 Å². The molecule has 26 heavy (non-hydrogen) atoms. The van der Waals surface area contributed by atoms with Crippen LogP contribution in [0.5, 0.6) is 0 Å². The van der Waals surface area contributed by atoms with Crippen LogP contribution in [-0.2, 0) is 25.5 Å². The number of rotatable bonds is 3. The van der Waals surface area contributed by atoms with Gasteiger partial charge in [-0.15, -0.1) is 0 Å². The molecular weight excluding hydrogens is 332 g/mol. The van der Waals surface area contributed by atoms with E-state index in [1.165, 1.54) is 0 Å². The Balaban J connectivity index is 0.000000151. The summed E-state index contributed by atoms with van der Waals surface area (Å²) in [4.78, 5) is 0. The molecule has 0 bridgehead atoms. The van der Waals surface area contributed by atoms with Gasteiger partial charge in [0.1, 0.15) is 0 Å². The Morgan fingerprint density at radius 2 is 1.38 bits per heavy atom. The maximum atomic E-state index is 8.67. The van der Waals surface area contributed by atoms with E-state index < -0.39 is 0 Å². The summed E-state index contributed by atoms with van der Waals surface area (Å²) in [5.74, 6) is 0. The van der Waals surface area contributed by atoms with E-state index in [9.17, 15) is 0 Å². The van der Waals surface area contributed by atoms with Crippen molar-refractivity contribution in [3.63, 3.8) is 0 Å². The zero-order valence-electron chi connectivity index (χ0n) is 14.5. The van der Waals surface area contributed by atoms with Crippen molar-refractivity contribution in [3.05, 3.63) is 70.8 Å². The Morgan fingerprint density at radius 1 is 0.846 bits per heavy atom. The third-order valence-corrected chi connectivity index (χ3v) is 3.99.